The summed E-state index contributed by atoms with van der Waals surface area (Å²) in [5.41, 5.74) is 0.677. The van der Waals surface area contributed by atoms with Crippen LogP contribution in [0.2, 0.25) is 0 Å². The van der Waals surface area contributed by atoms with Gasteiger partial charge in [0.2, 0.25) is 0 Å². The van der Waals surface area contributed by atoms with Gasteiger partial charge < -0.3 is 9.80 Å². The van der Waals surface area contributed by atoms with Crippen molar-refractivity contribution in [2.45, 2.75) is 0 Å². The molecule has 1 aliphatic heterocycles. The van der Waals surface area contributed by atoms with E-state index < -0.39 is 0 Å². The Kier molecular flexibility index (Phi) is 4.32. The topological polar surface area (TPSA) is 96.5 Å². The van der Waals surface area contributed by atoms with Crippen LogP contribution in [0.25, 0.3) is 0 Å². The number of rotatable bonds is 3. The smallest absolute Gasteiger partial charge is 0.323 e. The lowest BCUT2D eigenvalue weighted by Crippen LogP contribution is -2.50. The van der Waals surface area contributed by atoms with Crippen LogP contribution in [0.15, 0.2) is 36.5 Å². The fraction of sp³-hybridized carbons (Fsp3) is 0.333. The second-order valence-electron chi connectivity index (χ2n) is 5.52. The van der Waals surface area contributed by atoms with Gasteiger partial charge in [0.05, 0.1) is 4.92 Å². The summed E-state index contributed by atoms with van der Waals surface area (Å²) in [6.07, 6.45) is 1.75. The molecule has 24 heavy (non-hydrogen) atoms. The van der Waals surface area contributed by atoms with Gasteiger partial charge in [-0.15, -0.1) is 0 Å². The number of aryl methyl sites for hydroxylation is 1. The highest BCUT2D eigenvalue weighted by Crippen LogP contribution is 2.28. The van der Waals surface area contributed by atoms with Crippen molar-refractivity contribution in [2.24, 2.45) is 7.05 Å². The number of hydrogen-bond acceptors (Lipinski definition) is 5. The Morgan fingerprint density at radius 2 is 1.92 bits per heavy atom. The normalized spacial score (nSPS) is 14.5. The minimum absolute atomic E-state index is 0.0869. The van der Waals surface area contributed by atoms with Gasteiger partial charge in [0.25, 0.3) is 5.69 Å². The quantitative estimate of drug-likeness (QED) is 0.682. The molecular formula is C15H18N6O3. The van der Waals surface area contributed by atoms with Crippen molar-refractivity contribution in [3.8, 4) is 0 Å². The molecule has 2 aromatic rings. The van der Waals surface area contributed by atoms with E-state index >= 15 is 0 Å². The number of hydrogen-bond donors (Lipinski definition) is 1. The van der Waals surface area contributed by atoms with Gasteiger partial charge >= 0.3 is 6.03 Å². The van der Waals surface area contributed by atoms with Crippen LogP contribution >= 0.6 is 0 Å². The molecule has 1 aliphatic rings. The van der Waals surface area contributed by atoms with Gasteiger partial charge in [0, 0.05) is 51.6 Å². The summed E-state index contributed by atoms with van der Waals surface area (Å²) in [5, 5.41) is 18.0. The molecule has 126 valence electrons. The fourth-order valence-electron chi connectivity index (χ4n) is 2.71. The zero-order valence-corrected chi connectivity index (χ0v) is 13.3. The maximum absolute atomic E-state index is 12.2. The third kappa shape index (κ3) is 3.29. The number of carbonyl (C=O) groups excluding carboxylic acids is 1. The predicted octanol–water partition coefficient (Wildman–Crippen LogP) is 1.68. The summed E-state index contributed by atoms with van der Waals surface area (Å²) < 4.78 is 1.61. The van der Waals surface area contributed by atoms with E-state index in [0.29, 0.717) is 37.7 Å². The zero-order chi connectivity index (χ0) is 17.1. The van der Waals surface area contributed by atoms with Gasteiger partial charge in [-0.3, -0.25) is 20.1 Å². The number of nitro groups is 1. The van der Waals surface area contributed by atoms with E-state index in [-0.39, 0.29) is 16.6 Å². The lowest BCUT2D eigenvalue weighted by molar-refractivity contribution is -0.384. The molecule has 9 heteroatoms. The van der Waals surface area contributed by atoms with E-state index in [1.807, 2.05) is 4.90 Å². The van der Waals surface area contributed by atoms with E-state index in [1.165, 1.54) is 6.07 Å². The Morgan fingerprint density at radius 3 is 2.54 bits per heavy atom. The Balaban J connectivity index is 1.62. The van der Waals surface area contributed by atoms with Crippen LogP contribution in [0.3, 0.4) is 0 Å². The Hall–Kier alpha value is -3.10. The standard InChI is InChI=1S/C15H18N6O3/c1-18-7-6-14(17-18)16-15(22)20-10-8-19(9-11-20)12-4-2-3-5-13(12)21(23)24/h2-7H,8-11H2,1H3,(H,16,17,22). The number of anilines is 2. The van der Waals surface area contributed by atoms with Crippen molar-refractivity contribution < 1.29 is 9.72 Å². The number of piperazine rings is 1. The third-order valence-corrected chi connectivity index (χ3v) is 3.93. The van der Waals surface area contributed by atoms with Crippen molar-refractivity contribution in [1.29, 1.82) is 0 Å². The fourth-order valence-corrected chi connectivity index (χ4v) is 2.71. The van der Waals surface area contributed by atoms with Crippen molar-refractivity contribution in [3.05, 3.63) is 46.6 Å². The van der Waals surface area contributed by atoms with Crippen LogP contribution in [0.4, 0.5) is 22.0 Å². The van der Waals surface area contributed by atoms with Gasteiger partial charge in [0.1, 0.15) is 5.69 Å². The summed E-state index contributed by atoms with van der Waals surface area (Å²) in [7, 11) is 1.78. The average molecular weight is 330 g/mol. The van der Waals surface area contributed by atoms with Crippen LogP contribution in [0.5, 0.6) is 0 Å². The van der Waals surface area contributed by atoms with Crippen molar-refractivity contribution in [1.82, 2.24) is 14.7 Å². The van der Waals surface area contributed by atoms with Gasteiger partial charge in [-0.2, -0.15) is 5.10 Å². The Labute approximate surface area is 138 Å². The van der Waals surface area contributed by atoms with Gasteiger partial charge in [-0.05, 0) is 6.07 Å². The first-order valence-corrected chi connectivity index (χ1v) is 7.58. The first-order chi connectivity index (χ1) is 11.5. The number of benzene rings is 1. The van der Waals surface area contributed by atoms with Crippen molar-refractivity contribution in [2.75, 3.05) is 36.4 Å². The van der Waals surface area contributed by atoms with Crippen LogP contribution in [0, 0.1) is 10.1 Å². The lowest BCUT2D eigenvalue weighted by Gasteiger charge is -2.35. The third-order valence-electron chi connectivity index (χ3n) is 3.93. The summed E-state index contributed by atoms with van der Waals surface area (Å²) >= 11 is 0. The number of nitrogens with zero attached hydrogens (tertiary/aromatic N) is 5. The minimum atomic E-state index is -0.379. The van der Waals surface area contributed by atoms with E-state index in [2.05, 4.69) is 10.4 Å². The van der Waals surface area contributed by atoms with Gasteiger partial charge in [-0.25, -0.2) is 4.79 Å². The molecule has 9 nitrogen and oxygen atoms in total. The van der Waals surface area contributed by atoms with Crippen molar-refractivity contribution in [3.63, 3.8) is 0 Å². The molecule has 0 radical (unpaired) electrons. The molecule has 2 amide bonds. The number of para-hydroxylation sites is 2. The maximum atomic E-state index is 12.2. The molecule has 0 saturated carbocycles. The van der Waals surface area contributed by atoms with E-state index in [9.17, 15) is 14.9 Å². The van der Waals surface area contributed by atoms with E-state index in [1.54, 1.807) is 47.1 Å². The molecule has 1 fully saturated rings. The number of carbonyl (C=O) groups is 1. The Morgan fingerprint density at radius 1 is 1.21 bits per heavy atom. The second kappa shape index (κ2) is 6.57. The number of nitro benzene ring substituents is 1. The largest absolute Gasteiger partial charge is 0.362 e. The average Bonchev–Trinajstić information content (AvgIpc) is 3.00. The van der Waals surface area contributed by atoms with Crippen LogP contribution in [-0.2, 0) is 7.05 Å². The highest BCUT2D eigenvalue weighted by atomic mass is 16.6. The number of urea groups is 1. The van der Waals surface area contributed by atoms with Crippen LogP contribution in [-0.4, -0.2) is 51.8 Å². The molecule has 1 aromatic carbocycles. The van der Waals surface area contributed by atoms with E-state index in [0.717, 1.165) is 0 Å². The summed E-state index contributed by atoms with van der Waals surface area (Å²) in [5.74, 6) is 0.503. The molecular weight excluding hydrogens is 312 g/mol. The minimum Gasteiger partial charge on any atom is -0.362 e. The molecule has 1 aromatic heterocycles. The van der Waals surface area contributed by atoms with Gasteiger partial charge in [0.15, 0.2) is 5.82 Å². The van der Waals surface area contributed by atoms with Crippen LogP contribution in [0.1, 0.15) is 0 Å². The lowest BCUT2D eigenvalue weighted by atomic mass is 10.2. The molecule has 0 atom stereocenters. The van der Waals surface area contributed by atoms with Crippen molar-refractivity contribution >= 4 is 23.2 Å². The predicted molar refractivity (Wildman–Crippen MR) is 89.1 cm³/mol. The molecule has 0 bridgehead atoms. The molecule has 0 unspecified atom stereocenters. The monoisotopic (exact) mass is 330 g/mol. The highest BCUT2D eigenvalue weighted by molar-refractivity contribution is 5.88. The van der Waals surface area contributed by atoms with Gasteiger partial charge in [-0.1, -0.05) is 12.1 Å². The zero-order valence-electron chi connectivity index (χ0n) is 13.3. The summed E-state index contributed by atoms with van der Waals surface area (Å²) in [6.45, 7) is 2.07. The molecule has 2 heterocycles. The molecule has 0 aliphatic carbocycles. The molecule has 0 spiro atoms. The first-order valence-electron chi connectivity index (χ1n) is 7.58. The maximum Gasteiger partial charge on any atom is 0.323 e. The second-order valence-corrected chi connectivity index (χ2v) is 5.52. The molecule has 1 saturated heterocycles. The van der Waals surface area contributed by atoms with Crippen LogP contribution < -0.4 is 10.2 Å². The number of nitrogens with one attached hydrogen (secondary N) is 1. The molecule has 1 N–H and O–H groups in total. The Bertz CT molecular complexity index is 751. The number of amides is 2. The summed E-state index contributed by atoms with van der Waals surface area (Å²) in [4.78, 5) is 26.6. The SMILES string of the molecule is Cn1ccc(NC(=O)N2CCN(c3ccccc3[N+](=O)[O-])CC2)n1. The summed E-state index contributed by atoms with van der Waals surface area (Å²) in [6, 6.07) is 8.18. The number of aromatic nitrogens is 2. The van der Waals surface area contributed by atoms with E-state index in [4.69, 9.17) is 0 Å². The molecule has 3 rings (SSSR count). The first kappa shape index (κ1) is 15.8. The highest BCUT2D eigenvalue weighted by Gasteiger charge is 2.25.